The summed E-state index contributed by atoms with van der Waals surface area (Å²) in [5, 5.41) is 0. The molecule has 0 aromatic rings. The van der Waals surface area contributed by atoms with Crippen LogP contribution < -0.4 is 0 Å². The summed E-state index contributed by atoms with van der Waals surface area (Å²) < 4.78 is 0. The van der Waals surface area contributed by atoms with Crippen LogP contribution in [0.5, 0.6) is 0 Å². The van der Waals surface area contributed by atoms with Crippen molar-refractivity contribution in [3.8, 4) is 0 Å². The van der Waals surface area contributed by atoms with Crippen LogP contribution in [0, 0.1) is 22.7 Å². The largest absolute Gasteiger partial charge is 0.0620 e. The zero-order chi connectivity index (χ0) is 8.98. The lowest BCUT2D eigenvalue weighted by Gasteiger charge is -2.44. The summed E-state index contributed by atoms with van der Waals surface area (Å²) in [6.45, 7) is 9.94. The van der Waals surface area contributed by atoms with E-state index in [-0.39, 0.29) is 0 Å². The van der Waals surface area contributed by atoms with E-state index in [0.29, 0.717) is 10.8 Å². The molecule has 4 unspecified atom stereocenters. The minimum atomic E-state index is 0.696. The van der Waals surface area contributed by atoms with Crippen LogP contribution in [0.15, 0.2) is 0 Å². The highest BCUT2D eigenvalue weighted by molar-refractivity contribution is 5.02. The normalized spacial score (nSPS) is 59.0. The molecule has 2 saturated carbocycles. The maximum Gasteiger partial charge on any atom is -0.0295 e. The summed E-state index contributed by atoms with van der Waals surface area (Å²) in [7, 11) is 0. The predicted molar refractivity (Wildman–Crippen MR) is 53.0 cm³/mol. The van der Waals surface area contributed by atoms with Gasteiger partial charge in [-0.25, -0.2) is 0 Å². The fourth-order valence-electron chi connectivity index (χ4n) is 3.61. The third-order valence-electron chi connectivity index (χ3n) is 5.16. The Balaban J connectivity index is 2.28. The van der Waals surface area contributed by atoms with Crippen molar-refractivity contribution in [2.75, 3.05) is 0 Å². The molecule has 0 radical (unpaired) electrons. The Morgan fingerprint density at radius 3 is 1.75 bits per heavy atom. The van der Waals surface area contributed by atoms with E-state index in [1.54, 1.807) is 0 Å². The van der Waals surface area contributed by atoms with Crippen LogP contribution >= 0.6 is 0 Å². The maximum absolute atomic E-state index is 2.51. The van der Waals surface area contributed by atoms with Crippen LogP contribution in [0.4, 0.5) is 0 Å². The van der Waals surface area contributed by atoms with Gasteiger partial charge in [-0.1, -0.05) is 27.7 Å². The first-order chi connectivity index (χ1) is 5.46. The van der Waals surface area contributed by atoms with Crippen LogP contribution in [-0.2, 0) is 0 Å². The Morgan fingerprint density at radius 1 is 0.917 bits per heavy atom. The molecule has 2 rings (SSSR count). The fraction of sp³-hybridized carbons (Fsp3) is 1.00. The second-order valence-electron chi connectivity index (χ2n) is 6.02. The molecule has 0 nitrogen and oxygen atoms in total. The van der Waals surface area contributed by atoms with Gasteiger partial charge in [0, 0.05) is 0 Å². The van der Waals surface area contributed by atoms with Gasteiger partial charge in [0.15, 0.2) is 0 Å². The summed E-state index contributed by atoms with van der Waals surface area (Å²) in [6.07, 6.45) is 5.92. The van der Waals surface area contributed by atoms with Crippen LogP contribution in [0.2, 0.25) is 0 Å². The lowest BCUT2D eigenvalue weighted by Crippen LogP contribution is -2.35. The molecule has 0 aromatic carbocycles. The standard InChI is InChI=1S/C12H22/c1-9-7-10(2)12(4)6-5-11(9,3)8-12/h9-10H,5-8H2,1-4H3. The lowest BCUT2D eigenvalue weighted by atomic mass is 9.61. The van der Waals surface area contributed by atoms with Gasteiger partial charge in [-0.3, -0.25) is 0 Å². The van der Waals surface area contributed by atoms with Crippen molar-refractivity contribution in [1.82, 2.24) is 0 Å². The van der Waals surface area contributed by atoms with E-state index in [1.165, 1.54) is 25.7 Å². The molecule has 2 aliphatic carbocycles. The third-order valence-corrected chi connectivity index (χ3v) is 5.16. The highest BCUT2D eigenvalue weighted by Gasteiger charge is 2.52. The summed E-state index contributed by atoms with van der Waals surface area (Å²) in [6, 6.07) is 0. The molecule has 0 N–H and O–H groups in total. The molecule has 4 atom stereocenters. The van der Waals surface area contributed by atoms with Crippen molar-refractivity contribution in [3.63, 3.8) is 0 Å². The van der Waals surface area contributed by atoms with Gasteiger partial charge in [0.1, 0.15) is 0 Å². The number of hydrogen-bond acceptors (Lipinski definition) is 0. The van der Waals surface area contributed by atoms with Gasteiger partial charge in [0.05, 0.1) is 0 Å². The van der Waals surface area contributed by atoms with Gasteiger partial charge in [-0.2, -0.15) is 0 Å². The summed E-state index contributed by atoms with van der Waals surface area (Å²) in [4.78, 5) is 0. The Bertz CT molecular complexity index is 176. The van der Waals surface area contributed by atoms with E-state index in [2.05, 4.69) is 27.7 Å². The van der Waals surface area contributed by atoms with Crippen molar-refractivity contribution >= 4 is 0 Å². The molecule has 0 amide bonds. The smallest absolute Gasteiger partial charge is 0.0295 e. The zero-order valence-corrected chi connectivity index (χ0v) is 8.98. The number of rotatable bonds is 0. The monoisotopic (exact) mass is 166 g/mol. The molecule has 70 valence electrons. The molecule has 2 fully saturated rings. The molecule has 0 aliphatic heterocycles. The highest BCUT2D eigenvalue weighted by Crippen LogP contribution is 2.62. The molecule has 0 saturated heterocycles. The molecular weight excluding hydrogens is 144 g/mol. The lowest BCUT2D eigenvalue weighted by molar-refractivity contribution is 0.0545. The fourth-order valence-corrected chi connectivity index (χ4v) is 3.61. The van der Waals surface area contributed by atoms with Crippen molar-refractivity contribution in [1.29, 1.82) is 0 Å². The Morgan fingerprint density at radius 2 is 1.33 bits per heavy atom. The van der Waals surface area contributed by atoms with Crippen LogP contribution in [-0.4, -0.2) is 0 Å². The van der Waals surface area contributed by atoms with Crippen molar-refractivity contribution in [3.05, 3.63) is 0 Å². The SMILES string of the molecule is CC1CC(C)C2(C)CCC1(C)C2. The van der Waals surface area contributed by atoms with Crippen molar-refractivity contribution < 1.29 is 0 Å². The quantitative estimate of drug-likeness (QED) is 0.512. The van der Waals surface area contributed by atoms with Gasteiger partial charge in [-0.15, -0.1) is 0 Å². The molecule has 2 aliphatic rings. The van der Waals surface area contributed by atoms with Gasteiger partial charge in [0.25, 0.3) is 0 Å². The van der Waals surface area contributed by atoms with Crippen molar-refractivity contribution in [2.24, 2.45) is 22.7 Å². The number of fused-ring (bicyclic) bond motifs is 2. The van der Waals surface area contributed by atoms with Gasteiger partial charge < -0.3 is 0 Å². The van der Waals surface area contributed by atoms with Crippen molar-refractivity contribution in [2.45, 2.75) is 53.4 Å². The van der Waals surface area contributed by atoms with Crippen LogP contribution in [0.1, 0.15) is 53.4 Å². The third kappa shape index (κ3) is 0.963. The van der Waals surface area contributed by atoms with E-state index >= 15 is 0 Å². The summed E-state index contributed by atoms with van der Waals surface area (Å²) in [5.41, 5.74) is 1.39. The first-order valence-corrected chi connectivity index (χ1v) is 5.46. The molecule has 12 heavy (non-hydrogen) atoms. The maximum atomic E-state index is 2.51. The van der Waals surface area contributed by atoms with E-state index in [9.17, 15) is 0 Å². The second kappa shape index (κ2) is 2.27. The Hall–Kier alpha value is 0. The average Bonchev–Trinajstić information content (AvgIpc) is 2.26. The van der Waals surface area contributed by atoms with Crippen LogP contribution in [0.25, 0.3) is 0 Å². The summed E-state index contributed by atoms with van der Waals surface area (Å²) in [5.74, 6) is 1.92. The predicted octanol–water partition coefficient (Wildman–Crippen LogP) is 3.86. The van der Waals surface area contributed by atoms with E-state index in [1.807, 2.05) is 0 Å². The van der Waals surface area contributed by atoms with Gasteiger partial charge >= 0.3 is 0 Å². The second-order valence-corrected chi connectivity index (χ2v) is 6.02. The summed E-state index contributed by atoms with van der Waals surface area (Å²) >= 11 is 0. The van der Waals surface area contributed by atoms with E-state index in [0.717, 1.165) is 11.8 Å². The molecule has 0 aromatic heterocycles. The Labute approximate surface area is 76.7 Å². The Kier molecular flexibility index (Phi) is 1.63. The topological polar surface area (TPSA) is 0 Å². The average molecular weight is 166 g/mol. The first-order valence-electron chi connectivity index (χ1n) is 5.46. The highest BCUT2D eigenvalue weighted by atomic mass is 14.6. The molecule has 2 bridgehead atoms. The number of hydrogen-bond donors (Lipinski definition) is 0. The molecule has 0 spiro atoms. The van der Waals surface area contributed by atoms with Crippen LogP contribution in [0.3, 0.4) is 0 Å². The first kappa shape index (κ1) is 8.59. The molecule has 0 heterocycles. The van der Waals surface area contributed by atoms with Gasteiger partial charge in [-0.05, 0) is 48.3 Å². The van der Waals surface area contributed by atoms with Gasteiger partial charge in [0.2, 0.25) is 0 Å². The van der Waals surface area contributed by atoms with E-state index < -0.39 is 0 Å². The minimum absolute atomic E-state index is 0.696. The molecular formula is C12H22. The zero-order valence-electron chi connectivity index (χ0n) is 8.98. The molecule has 0 heteroatoms. The van der Waals surface area contributed by atoms with E-state index in [4.69, 9.17) is 0 Å². The minimum Gasteiger partial charge on any atom is -0.0620 e.